The van der Waals surface area contributed by atoms with Gasteiger partial charge in [-0.3, -0.25) is 4.79 Å². The van der Waals surface area contributed by atoms with E-state index < -0.39 is 26.3 Å². The monoisotopic (exact) mass is 474 g/mol. The fourth-order valence-electron chi connectivity index (χ4n) is 5.00. The average Bonchev–Trinajstić information content (AvgIpc) is 2.70. The summed E-state index contributed by atoms with van der Waals surface area (Å²) >= 11 is 0. The Morgan fingerprint density at radius 1 is 1.12 bits per heavy atom. The summed E-state index contributed by atoms with van der Waals surface area (Å²) in [6.07, 6.45) is 2.08. The van der Waals surface area contributed by atoms with Crippen molar-refractivity contribution in [2.45, 2.75) is 92.6 Å². The summed E-state index contributed by atoms with van der Waals surface area (Å²) in [5, 5.41) is 6.35. The van der Waals surface area contributed by atoms with Gasteiger partial charge >= 0.3 is 6.18 Å². The molecule has 5 nitrogen and oxygen atoms in total. The molecule has 2 aliphatic carbocycles. The molecule has 32 heavy (non-hydrogen) atoms. The van der Waals surface area contributed by atoms with Gasteiger partial charge in [-0.05, 0) is 70.7 Å². The third-order valence-electron chi connectivity index (χ3n) is 7.49. The maximum Gasteiger partial charge on any atom is 0.416 e. The summed E-state index contributed by atoms with van der Waals surface area (Å²) in [5.74, 6) is -0.288. The highest BCUT2D eigenvalue weighted by Crippen LogP contribution is 2.44. The first kappa shape index (κ1) is 25.0. The second-order valence-corrected chi connectivity index (χ2v) is 12.4. The van der Waals surface area contributed by atoms with Crippen molar-refractivity contribution in [2.75, 3.05) is 7.05 Å². The average molecular weight is 475 g/mol. The summed E-state index contributed by atoms with van der Waals surface area (Å²) in [6, 6.07) is 3.80. The van der Waals surface area contributed by atoms with Crippen molar-refractivity contribution >= 4 is 15.7 Å². The number of benzene rings is 1. The molecule has 180 valence electrons. The minimum atomic E-state index is -4.61. The van der Waals surface area contributed by atoms with Crippen LogP contribution >= 0.6 is 0 Å². The van der Waals surface area contributed by atoms with E-state index in [1.807, 2.05) is 7.05 Å². The van der Waals surface area contributed by atoms with Crippen LogP contribution in [0.1, 0.15) is 70.8 Å². The van der Waals surface area contributed by atoms with Gasteiger partial charge in [0.15, 0.2) is 9.84 Å². The van der Waals surface area contributed by atoms with E-state index in [0.717, 1.165) is 37.8 Å². The highest BCUT2D eigenvalue weighted by Gasteiger charge is 2.49. The maximum atomic E-state index is 13.2. The summed E-state index contributed by atoms with van der Waals surface area (Å²) in [5.41, 5.74) is -1.15. The standard InChI is InChI=1S/C23H33F3N2O3S/c1-21(2,32(30,31)19-9-7-8-16(14-19)23(24,25)26)17-12-18(13-17)28-20(29)15-22(27-3)10-5-4-6-11-22/h7-9,14,17-18,27H,4-6,10-13,15H2,1-3H3,(H,28,29)/t17-,18+. The second-order valence-electron chi connectivity index (χ2n) is 9.83. The highest BCUT2D eigenvalue weighted by molar-refractivity contribution is 7.92. The Morgan fingerprint density at radius 3 is 2.31 bits per heavy atom. The summed E-state index contributed by atoms with van der Waals surface area (Å²) in [4.78, 5) is 12.3. The van der Waals surface area contributed by atoms with Gasteiger partial charge in [0.2, 0.25) is 5.91 Å². The lowest BCUT2D eigenvalue weighted by Crippen LogP contribution is -2.55. The number of rotatable bonds is 7. The molecule has 0 spiro atoms. The third kappa shape index (κ3) is 4.98. The molecule has 0 heterocycles. The maximum absolute atomic E-state index is 13.2. The van der Waals surface area contributed by atoms with Crippen molar-refractivity contribution in [3.05, 3.63) is 29.8 Å². The van der Waals surface area contributed by atoms with Gasteiger partial charge in [0.1, 0.15) is 0 Å². The van der Waals surface area contributed by atoms with Crippen LogP contribution in [0.5, 0.6) is 0 Å². The largest absolute Gasteiger partial charge is 0.416 e. The minimum Gasteiger partial charge on any atom is -0.353 e. The highest BCUT2D eigenvalue weighted by atomic mass is 32.2. The Kier molecular flexibility index (Phi) is 7.01. The summed E-state index contributed by atoms with van der Waals surface area (Å²) in [6.45, 7) is 3.12. The number of hydrogen-bond acceptors (Lipinski definition) is 4. The first-order valence-electron chi connectivity index (χ1n) is 11.2. The normalized spacial score (nSPS) is 23.9. The smallest absolute Gasteiger partial charge is 0.353 e. The molecule has 2 N–H and O–H groups in total. The van der Waals surface area contributed by atoms with Gasteiger partial charge in [-0.25, -0.2) is 8.42 Å². The van der Waals surface area contributed by atoms with Gasteiger partial charge < -0.3 is 10.6 Å². The molecule has 0 atom stereocenters. The number of alkyl halides is 3. The number of nitrogens with one attached hydrogen (secondary N) is 2. The van der Waals surface area contributed by atoms with Crippen molar-refractivity contribution in [3.8, 4) is 0 Å². The van der Waals surface area contributed by atoms with E-state index >= 15 is 0 Å². The number of halogens is 3. The van der Waals surface area contributed by atoms with Crippen LogP contribution in [0, 0.1) is 5.92 Å². The minimum absolute atomic E-state index is 0.0387. The molecule has 1 aromatic rings. The molecule has 3 rings (SSSR count). The first-order valence-corrected chi connectivity index (χ1v) is 12.7. The van der Waals surface area contributed by atoms with Crippen molar-refractivity contribution in [2.24, 2.45) is 5.92 Å². The van der Waals surface area contributed by atoms with Crippen LogP contribution in [0.15, 0.2) is 29.2 Å². The zero-order valence-electron chi connectivity index (χ0n) is 18.9. The molecule has 0 bridgehead atoms. The van der Waals surface area contributed by atoms with E-state index in [1.54, 1.807) is 13.8 Å². The molecular weight excluding hydrogens is 441 g/mol. The lowest BCUT2D eigenvalue weighted by Gasteiger charge is -2.45. The zero-order valence-corrected chi connectivity index (χ0v) is 19.7. The van der Waals surface area contributed by atoms with Crippen LogP contribution in [0.25, 0.3) is 0 Å². The van der Waals surface area contributed by atoms with Crippen molar-refractivity contribution in [1.29, 1.82) is 0 Å². The molecule has 0 aromatic heterocycles. The van der Waals surface area contributed by atoms with Gasteiger partial charge in [-0.1, -0.05) is 25.3 Å². The van der Waals surface area contributed by atoms with Crippen LogP contribution in [-0.2, 0) is 20.8 Å². The molecule has 0 unspecified atom stereocenters. The predicted octanol–water partition coefficient (Wildman–Crippen LogP) is 4.46. The Hall–Kier alpha value is -1.61. The van der Waals surface area contributed by atoms with Crippen LogP contribution in [-0.4, -0.2) is 37.7 Å². The topological polar surface area (TPSA) is 75.3 Å². The van der Waals surface area contributed by atoms with Gasteiger partial charge in [-0.2, -0.15) is 13.2 Å². The van der Waals surface area contributed by atoms with Crippen LogP contribution in [0.2, 0.25) is 0 Å². The predicted molar refractivity (Wildman–Crippen MR) is 117 cm³/mol. The molecule has 1 amide bonds. The molecule has 2 fully saturated rings. The molecular formula is C23H33F3N2O3S. The van der Waals surface area contributed by atoms with Gasteiger partial charge in [0.25, 0.3) is 0 Å². The van der Waals surface area contributed by atoms with Crippen molar-refractivity contribution in [1.82, 2.24) is 10.6 Å². The number of sulfone groups is 1. The van der Waals surface area contributed by atoms with Crippen molar-refractivity contribution in [3.63, 3.8) is 0 Å². The Balaban J connectivity index is 1.62. The number of carbonyl (C=O) groups is 1. The molecule has 0 radical (unpaired) electrons. The van der Waals surface area contributed by atoms with E-state index in [0.29, 0.717) is 25.3 Å². The van der Waals surface area contributed by atoms with E-state index in [1.165, 1.54) is 12.5 Å². The number of hydrogen-bond donors (Lipinski definition) is 2. The summed E-state index contributed by atoms with van der Waals surface area (Å²) in [7, 11) is -2.10. The summed E-state index contributed by atoms with van der Waals surface area (Å²) < 4.78 is 64.2. The first-order chi connectivity index (χ1) is 14.8. The Bertz CT molecular complexity index is 932. The van der Waals surface area contributed by atoms with Gasteiger partial charge in [0.05, 0.1) is 15.2 Å². The fraction of sp³-hybridized carbons (Fsp3) is 0.696. The number of carbonyl (C=O) groups excluding carboxylic acids is 1. The fourth-order valence-corrected chi connectivity index (χ4v) is 6.77. The zero-order chi connectivity index (χ0) is 23.8. The van der Waals surface area contributed by atoms with Crippen molar-refractivity contribution < 1.29 is 26.4 Å². The Morgan fingerprint density at radius 2 is 1.75 bits per heavy atom. The SMILES string of the molecule is CNC1(CC(=O)N[C@H]2C[C@@H](C(C)(C)S(=O)(=O)c3cccc(C(F)(F)F)c3)C2)CCCCC1. The van der Waals surface area contributed by atoms with Crippen LogP contribution in [0.3, 0.4) is 0 Å². The third-order valence-corrected chi connectivity index (χ3v) is 10.1. The van der Waals surface area contributed by atoms with Gasteiger partial charge in [-0.15, -0.1) is 0 Å². The Labute approximate surface area is 188 Å². The molecule has 1 aromatic carbocycles. The lowest BCUT2D eigenvalue weighted by molar-refractivity contribution is -0.137. The molecule has 9 heteroatoms. The van der Waals surface area contributed by atoms with Gasteiger partial charge in [0, 0.05) is 18.0 Å². The number of amides is 1. The van der Waals surface area contributed by atoms with E-state index in [9.17, 15) is 26.4 Å². The van der Waals surface area contributed by atoms with E-state index in [2.05, 4.69) is 10.6 Å². The lowest BCUT2D eigenvalue weighted by atomic mass is 9.72. The van der Waals surface area contributed by atoms with E-state index in [4.69, 9.17) is 0 Å². The molecule has 2 aliphatic rings. The van der Waals surface area contributed by atoms with Crippen LogP contribution in [0.4, 0.5) is 13.2 Å². The van der Waals surface area contributed by atoms with E-state index in [-0.39, 0.29) is 28.3 Å². The second kappa shape index (κ2) is 8.97. The molecule has 2 saturated carbocycles. The van der Waals surface area contributed by atoms with Crippen LogP contribution < -0.4 is 10.6 Å². The molecule has 0 aliphatic heterocycles. The quantitative estimate of drug-likeness (QED) is 0.612. The molecule has 0 saturated heterocycles.